The molecule has 1 aromatic carbocycles. The number of nitrogens with zero attached hydrogens (tertiary/aromatic N) is 1. The predicted molar refractivity (Wildman–Crippen MR) is 92.3 cm³/mol. The molecule has 2 rings (SSSR count). The van der Waals surface area contributed by atoms with E-state index in [2.05, 4.69) is 15.0 Å². The number of nitrogens with one attached hydrogen (secondary N) is 2. The molecule has 8 heteroatoms. The molecule has 0 aliphatic heterocycles. The molecular weight excluding hydrogens is 350 g/mol. The molecule has 0 atom stereocenters. The zero-order chi connectivity index (χ0) is 17.7. The summed E-state index contributed by atoms with van der Waals surface area (Å²) >= 11 is 6.04. The van der Waals surface area contributed by atoms with E-state index < -0.39 is 15.9 Å². The summed E-state index contributed by atoms with van der Waals surface area (Å²) in [5.41, 5.74) is 0.784. The Balaban J connectivity index is 2.20. The van der Waals surface area contributed by atoms with E-state index in [-0.39, 0.29) is 28.1 Å². The third-order valence-electron chi connectivity index (χ3n) is 3.04. The van der Waals surface area contributed by atoms with E-state index in [1.807, 2.05) is 6.07 Å². The first-order valence-corrected chi connectivity index (χ1v) is 9.15. The molecule has 2 N–H and O–H groups in total. The summed E-state index contributed by atoms with van der Waals surface area (Å²) in [5.74, 6) is -0.466. The largest absolute Gasteiger partial charge is 0.346 e. The Kier molecular flexibility index (Phi) is 5.93. The van der Waals surface area contributed by atoms with Crippen LogP contribution in [0.2, 0.25) is 5.02 Å². The molecule has 0 saturated heterocycles. The maximum Gasteiger partial charge on any atom is 0.253 e. The minimum atomic E-state index is -3.70. The van der Waals surface area contributed by atoms with Crippen LogP contribution >= 0.6 is 11.6 Å². The molecule has 0 bridgehead atoms. The van der Waals surface area contributed by atoms with Crippen molar-refractivity contribution in [3.05, 3.63) is 58.9 Å². The van der Waals surface area contributed by atoms with Crippen LogP contribution in [-0.2, 0) is 16.6 Å². The first-order chi connectivity index (χ1) is 11.3. The van der Waals surface area contributed by atoms with Crippen LogP contribution in [0.25, 0.3) is 0 Å². The van der Waals surface area contributed by atoms with Gasteiger partial charge >= 0.3 is 0 Å². The smallest absolute Gasteiger partial charge is 0.253 e. The van der Waals surface area contributed by atoms with Gasteiger partial charge in [-0.2, -0.15) is 0 Å². The van der Waals surface area contributed by atoms with Crippen molar-refractivity contribution < 1.29 is 13.2 Å². The van der Waals surface area contributed by atoms with Crippen LogP contribution in [0, 0.1) is 0 Å². The number of aromatic nitrogens is 1. The zero-order valence-corrected chi connectivity index (χ0v) is 14.9. The molecule has 0 unspecified atom stereocenters. The second kappa shape index (κ2) is 7.74. The molecule has 2 aromatic rings. The fourth-order valence-corrected chi connectivity index (χ4v) is 3.47. The lowest BCUT2D eigenvalue weighted by Crippen LogP contribution is -2.30. The highest BCUT2D eigenvalue weighted by Crippen LogP contribution is 2.21. The van der Waals surface area contributed by atoms with Gasteiger partial charge in [-0.25, -0.2) is 13.1 Å². The molecule has 1 heterocycles. The molecule has 0 fully saturated rings. The first kappa shape index (κ1) is 18.4. The van der Waals surface area contributed by atoms with Gasteiger partial charge in [-0.05, 0) is 44.2 Å². The van der Waals surface area contributed by atoms with Crippen molar-refractivity contribution in [2.75, 3.05) is 0 Å². The number of sulfonamides is 1. The fourth-order valence-electron chi connectivity index (χ4n) is 1.99. The number of amides is 1. The van der Waals surface area contributed by atoms with E-state index in [1.165, 1.54) is 18.2 Å². The number of hydrogen-bond donors (Lipinski definition) is 2. The van der Waals surface area contributed by atoms with E-state index in [0.29, 0.717) is 5.69 Å². The number of pyridine rings is 1. The van der Waals surface area contributed by atoms with Gasteiger partial charge in [0.25, 0.3) is 5.91 Å². The Morgan fingerprint density at radius 3 is 2.62 bits per heavy atom. The van der Waals surface area contributed by atoms with Crippen LogP contribution in [0.5, 0.6) is 0 Å². The Bertz CT molecular complexity index is 824. The van der Waals surface area contributed by atoms with Crippen molar-refractivity contribution in [3.8, 4) is 0 Å². The van der Waals surface area contributed by atoms with Crippen LogP contribution in [0.15, 0.2) is 47.5 Å². The Hall–Kier alpha value is -1.96. The van der Waals surface area contributed by atoms with Gasteiger partial charge in [-0.1, -0.05) is 17.7 Å². The summed E-state index contributed by atoms with van der Waals surface area (Å²) in [6.45, 7) is 3.65. The molecule has 1 aromatic heterocycles. The number of hydrogen-bond acceptors (Lipinski definition) is 4. The number of halogens is 1. The summed E-state index contributed by atoms with van der Waals surface area (Å²) in [4.78, 5) is 16.4. The predicted octanol–water partition coefficient (Wildman–Crippen LogP) is 2.35. The van der Waals surface area contributed by atoms with Gasteiger partial charge in [0.15, 0.2) is 0 Å². The zero-order valence-electron chi connectivity index (χ0n) is 13.3. The lowest BCUT2D eigenvalue weighted by atomic mass is 10.2. The van der Waals surface area contributed by atoms with Crippen molar-refractivity contribution in [3.63, 3.8) is 0 Å². The summed E-state index contributed by atoms with van der Waals surface area (Å²) in [6, 6.07) is 9.13. The minimum Gasteiger partial charge on any atom is -0.346 e. The molecule has 128 valence electrons. The van der Waals surface area contributed by atoms with E-state index >= 15 is 0 Å². The number of rotatable bonds is 6. The standard InChI is InChI=1S/C16H18ClN3O3S/c1-11(2)20-24(22,23)13-6-7-15(17)14(9-13)16(21)19-10-12-5-3-4-8-18-12/h3-9,11,20H,10H2,1-2H3,(H,19,21). The monoisotopic (exact) mass is 367 g/mol. The van der Waals surface area contributed by atoms with Gasteiger partial charge < -0.3 is 5.32 Å². The summed E-state index contributed by atoms with van der Waals surface area (Å²) in [5, 5.41) is 2.85. The van der Waals surface area contributed by atoms with Crippen LogP contribution in [0.3, 0.4) is 0 Å². The normalized spacial score (nSPS) is 11.5. The maximum atomic E-state index is 12.3. The van der Waals surface area contributed by atoms with Gasteiger partial charge in [0.2, 0.25) is 10.0 Å². The van der Waals surface area contributed by atoms with Gasteiger partial charge in [-0.15, -0.1) is 0 Å². The van der Waals surface area contributed by atoms with Crippen molar-refractivity contribution >= 4 is 27.5 Å². The third-order valence-corrected chi connectivity index (χ3v) is 5.03. The topological polar surface area (TPSA) is 88.2 Å². The minimum absolute atomic E-state index is 0.0106. The second-order valence-corrected chi connectivity index (χ2v) is 7.54. The molecule has 0 aliphatic carbocycles. The molecule has 0 spiro atoms. The van der Waals surface area contributed by atoms with E-state index in [4.69, 9.17) is 11.6 Å². The highest BCUT2D eigenvalue weighted by atomic mass is 35.5. The first-order valence-electron chi connectivity index (χ1n) is 7.29. The van der Waals surface area contributed by atoms with E-state index in [1.54, 1.807) is 32.2 Å². The van der Waals surface area contributed by atoms with Crippen LogP contribution in [0.4, 0.5) is 0 Å². The maximum absolute atomic E-state index is 12.3. The van der Waals surface area contributed by atoms with Gasteiger partial charge in [-0.3, -0.25) is 9.78 Å². The van der Waals surface area contributed by atoms with Crippen LogP contribution in [0.1, 0.15) is 29.9 Å². The number of carbonyl (C=O) groups is 1. The summed E-state index contributed by atoms with van der Waals surface area (Å²) in [7, 11) is -3.70. The number of benzene rings is 1. The summed E-state index contributed by atoms with van der Waals surface area (Å²) in [6.07, 6.45) is 1.62. The van der Waals surface area contributed by atoms with E-state index in [0.717, 1.165) is 0 Å². The van der Waals surface area contributed by atoms with E-state index in [9.17, 15) is 13.2 Å². The van der Waals surface area contributed by atoms with Crippen molar-refractivity contribution in [1.82, 2.24) is 15.0 Å². The molecular formula is C16H18ClN3O3S. The van der Waals surface area contributed by atoms with Crippen LogP contribution < -0.4 is 10.0 Å². The molecule has 1 amide bonds. The Morgan fingerprint density at radius 2 is 2.00 bits per heavy atom. The SMILES string of the molecule is CC(C)NS(=O)(=O)c1ccc(Cl)c(C(=O)NCc2ccccn2)c1. The fraction of sp³-hybridized carbons (Fsp3) is 0.250. The lowest BCUT2D eigenvalue weighted by molar-refractivity contribution is 0.0950. The quantitative estimate of drug-likeness (QED) is 0.820. The molecule has 0 saturated carbocycles. The average molecular weight is 368 g/mol. The average Bonchev–Trinajstić information content (AvgIpc) is 2.52. The Morgan fingerprint density at radius 1 is 1.25 bits per heavy atom. The van der Waals surface area contributed by atoms with Crippen molar-refractivity contribution in [1.29, 1.82) is 0 Å². The van der Waals surface area contributed by atoms with Crippen molar-refractivity contribution in [2.45, 2.75) is 31.3 Å². The summed E-state index contributed by atoms with van der Waals surface area (Å²) < 4.78 is 26.9. The highest BCUT2D eigenvalue weighted by molar-refractivity contribution is 7.89. The van der Waals surface area contributed by atoms with Crippen molar-refractivity contribution in [2.24, 2.45) is 0 Å². The lowest BCUT2D eigenvalue weighted by Gasteiger charge is -2.12. The highest BCUT2D eigenvalue weighted by Gasteiger charge is 2.19. The third kappa shape index (κ3) is 4.77. The van der Waals surface area contributed by atoms with Gasteiger partial charge in [0, 0.05) is 12.2 Å². The van der Waals surface area contributed by atoms with Gasteiger partial charge in [0.1, 0.15) is 0 Å². The Labute approximate surface area is 146 Å². The molecule has 0 aliphatic rings. The molecule has 0 radical (unpaired) electrons. The van der Waals surface area contributed by atoms with Crippen LogP contribution in [-0.4, -0.2) is 25.4 Å². The second-order valence-electron chi connectivity index (χ2n) is 5.42. The van der Waals surface area contributed by atoms with Gasteiger partial charge in [0.05, 0.1) is 27.7 Å². The number of carbonyl (C=O) groups excluding carboxylic acids is 1. The molecule has 6 nitrogen and oxygen atoms in total. The molecule has 24 heavy (non-hydrogen) atoms.